The van der Waals surface area contributed by atoms with Crippen molar-refractivity contribution >= 4 is 5.91 Å². The first-order chi connectivity index (χ1) is 11.6. The van der Waals surface area contributed by atoms with Crippen LogP contribution >= 0.6 is 0 Å². The van der Waals surface area contributed by atoms with Crippen LogP contribution in [0.25, 0.3) is 0 Å². The molecule has 1 saturated carbocycles. The average Bonchev–Trinajstić information content (AvgIpc) is 2.95. The quantitative estimate of drug-likeness (QED) is 0.778. The fourth-order valence-electron chi connectivity index (χ4n) is 3.10. The Morgan fingerprint density at radius 1 is 1.42 bits per heavy atom. The number of hydrogen-bond donors (Lipinski definition) is 2. The monoisotopic (exact) mass is 329 g/mol. The second-order valence-electron chi connectivity index (χ2n) is 6.48. The lowest BCUT2D eigenvalue weighted by Gasteiger charge is -2.38. The van der Waals surface area contributed by atoms with Crippen LogP contribution in [0.3, 0.4) is 0 Å². The summed E-state index contributed by atoms with van der Waals surface area (Å²) in [6, 6.07) is 3.98. The number of aromatic nitrogens is 4. The zero-order valence-electron chi connectivity index (χ0n) is 13.8. The Labute approximate surface area is 141 Å². The summed E-state index contributed by atoms with van der Waals surface area (Å²) in [5, 5.41) is 20.6. The number of aliphatic hydroxyl groups is 1. The van der Waals surface area contributed by atoms with Crippen molar-refractivity contribution in [1.82, 2.24) is 25.1 Å². The van der Waals surface area contributed by atoms with E-state index in [-0.39, 0.29) is 18.1 Å². The van der Waals surface area contributed by atoms with E-state index >= 15 is 0 Å². The molecule has 0 bridgehead atoms. The van der Waals surface area contributed by atoms with Crippen LogP contribution in [0.5, 0.6) is 0 Å². The molecule has 0 unspecified atom stereocenters. The van der Waals surface area contributed by atoms with Crippen molar-refractivity contribution in [2.75, 3.05) is 0 Å². The minimum Gasteiger partial charge on any atom is -0.393 e. The van der Waals surface area contributed by atoms with Crippen molar-refractivity contribution in [1.29, 1.82) is 0 Å². The number of aliphatic hydroxyl groups excluding tert-OH is 1. The molecule has 128 valence electrons. The molecule has 7 nitrogen and oxygen atoms in total. The normalized spacial score (nSPS) is 21.1. The molecule has 1 aliphatic rings. The molecule has 2 heterocycles. The summed E-state index contributed by atoms with van der Waals surface area (Å²) >= 11 is 0. The number of carbonyl (C=O) groups is 1. The first-order valence-electron chi connectivity index (χ1n) is 8.31. The highest BCUT2D eigenvalue weighted by molar-refractivity contribution is 5.76. The molecule has 2 aromatic rings. The standard InChI is InChI=1S/C17H23N5O2/c1-22-11-19-21-16(22)2-3-17(24)20-15(13-9-14(23)10-13)8-12-4-6-18-7-5-12/h4-7,11,13-15,23H,2-3,8-10H2,1H3,(H,20,24)/t13?,14?,15-/m0/s1. The molecule has 7 heteroatoms. The van der Waals surface area contributed by atoms with Gasteiger partial charge in [-0.25, -0.2) is 0 Å². The maximum absolute atomic E-state index is 12.3. The summed E-state index contributed by atoms with van der Waals surface area (Å²) in [6.45, 7) is 0. The highest BCUT2D eigenvalue weighted by atomic mass is 16.3. The van der Waals surface area contributed by atoms with Crippen molar-refractivity contribution in [2.24, 2.45) is 13.0 Å². The van der Waals surface area contributed by atoms with Crippen LogP contribution in [0.4, 0.5) is 0 Å². The van der Waals surface area contributed by atoms with Crippen LogP contribution in [0.15, 0.2) is 30.9 Å². The molecule has 1 fully saturated rings. The molecule has 0 aliphatic heterocycles. The number of amides is 1. The number of carbonyl (C=O) groups excluding carboxylic acids is 1. The highest BCUT2D eigenvalue weighted by Gasteiger charge is 2.34. The van der Waals surface area contributed by atoms with E-state index in [0.717, 1.165) is 30.7 Å². The van der Waals surface area contributed by atoms with Gasteiger partial charge < -0.3 is 15.0 Å². The fraction of sp³-hybridized carbons (Fsp3) is 0.529. The van der Waals surface area contributed by atoms with Gasteiger partial charge in [0, 0.05) is 38.3 Å². The van der Waals surface area contributed by atoms with Crippen LogP contribution in [0.1, 0.15) is 30.7 Å². The highest BCUT2D eigenvalue weighted by Crippen LogP contribution is 2.31. The average molecular weight is 329 g/mol. The zero-order chi connectivity index (χ0) is 16.9. The van der Waals surface area contributed by atoms with Crippen molar-refractivity contribution in [3.05, 3.63) is 42.2 Å². The Kier molecular flexibility index (Phi) is 5.20. The van der Waals surface area contributed by atoms with Gasteiger partial charge in [0.2, 0.25) is 5.91 Å². The lowest BCUT2D eigenvalue weighted by molar-refractivity contribution is -0.122. The third kappa shape index (κ3) is 4.17. The lowest BCUT2D eigenvalue weighted by atomic mass is 9.75. The molecule has 0 aromatic carbocycles. The molecule has 24 heavy (non-hydrogen) atoms. The largest absolute Gasteiger partial charge is 0.393 e. The molecule has 1 atom stereocenters. The number of nitrogens with one attached hydrogen (secondary N) is 1. The molecule has 0 spiro atoms. The fourth-order valence-corrected chi connectivity index (χ4v) is 3.10. The van der Waals surface area contributed by atoms with Gasteiger partial charge in [-0.1, -0.05) is 0 Å². The smallest absolute Gasteiger partial charge is 0.220 e. The van der Waals surface area contributed by atoms with Gasteiger partial charge in [-0.15, -0.1) is 10.2 Å². The predicted octanol–water partition coefficient (Wildman–Crippen LogP) is 0.641. The second kappa shape index (κ2) is 7.53. The third-order valence-corrected chi connectivity index (χ3v) is 4.65. The van der Waals surface area contributed by atoms with E-state index in [0.29, 0.717) is 18.8 Å². The van der Waals surface area contributed by atoms with Crippen LogP contribution in [-0.2, 0) is 24.7 Å². The molecular formula is C17H23N5O2. The van der Waals surface area contributed by atoms with Gasteiger partial charge in [-0.2, -0.15) is 0 Å². The molecule has 0 radical (unpaired) electrons. The molecule has 1 aliphatic carbocycles. The van der Waals surface area contributed by atoms with Gasteiger partial charge in [0.05, 0.1) is 6.10 Å². The lowest BCUT2D eigenvalue weighted by Crippen LogP contribution is -2.48. The van der Waals surface area contributed by atoms with Gasteiger partial charge in [0.15, 0.2) is 0 Å². The topological polar surface area (TPSA) is 92.9 Å². The summed E-state index contributed by atoms with van der Waals surface area (Å²) in [5.74, 6) is 1.14. The SMILES string of the molecule is Cn1cnnc1CCC(=O)N[C@@H](Cc1ccncc1)C1CC(O)C1. The molecular weight excluding hydrogens is 306 g/mol. The Hall–Kier alpha value is -2.28. The molecule has 3 rings (SSSR count). The van der Waals surface area contributed by atoms with Gasteiger partial charge in [0.1, 0.15) is 12.2 Å². The number of hydrogen-bond acceptors (Lipinski definition) is 5. The maximum atomic E-state index is 12.3. The number of pyridine rings is 1. The van der Waals surface area contributed by atoms with Gasteiger partial charge >= 0.3 is 0 Å². The molecule has 2 N–H and O–H groups in total. The zero-order valence-corrected chi connectivity index (χ0v) is 13.8. The number of rotatable bonds is 7. The van der Waals surface area contributed by atoms with E-state index in [9.17, 15) is 9.90 Å². The minimum atomic E-state index is -0.231. The predicted molar refractivity (Wildman–Crippen MR) is 87.9 cm³/mol. The summed E-state index contributed by atoms with van der Waals surface area (Å²) in [5.41, 5.74) is 1.14. The van der Waals surface area contributed by atoms with E-state index in [2.05, 4.69) is 20.5 Å². The number of aryl methyl sites for hydroxylation is 2. The van der Waals surface area contributed by atoms with Gasteiger partial charge in [0.25, 0.3) is 0 Å². The van der Waals surface area contributed by atoms with Crippen molar-refractivity contribution in [2.45, 2.75) is 44.2 Å². The third-order valence-electron chi connectivity index (χ3n) is 4.65. The minimum absolute atomic E-state index is 0.0124. The van der Waals surface area contributed by atoms with Crippen molar-refractivity contribution in [3.63, 3.8) is 0 Å². The van der Waals surface area contributed by atoms with E-state index in [1.165, 1.54) is 0 Å². The van der Waals surface area contributed by atoms with E-state index in [4.69, 9.17) is 0 Å². The Morgan fingerprint density at radius 3 is 2.79 bits per heavy atom. The Bertz CT molecular complexity index is 667. The molecule has 2 aromatic heterocycles. The molecule has 0 saturated heterocycles. The van der Waals surface area contributed by atoms with Crippen LogP contribution in [-0.4, -0.2) is 42.9 Å². The van der Waals surface area contributed by atoms with Crippen LogP contribution in [0.2, 0.25) is 0 Å². The molecule has 1 amide bonds. The van der Waals surface area contributed by atoms with Gasteiger partial charge in [-0.3, -0.25) is 9.78 Å². The first kappa shape index (κ1) is 16.6. The Balaban J connectivity index is 1.56. The summed E-state index contributed by atoms with van der Waals surface area (Å²) in [4.78, 5) is 16.4. The second-order valence-corrected chi connectivity index (χ2v) is 6.48. The summed E-state index contributed by atoms with van der Waals surface area (Å²) < 4.78 is 1.82. The van der Waals surface area contributed by atoms with Crippen LogP contribution < -0.4 is 5.32 Å². The van der Waals surface area contributed by atoms with Crippen molar-refractivity contribution in [3.8, 4) is 0 Å². The van der Waals surface area contributed by atoms with E-state index in [1.807, 2.05) is 23.7 Å². The van der Waals surface area contributed by atoms with E-state index < -0.39 is 0 Å². The summed E-state index contributed by atoms with van der Waals surface area (Å²) in [7, 11) is 1.87. The van der Waals surface area contributed by atoms with Crippen LogP contribution in [0, 0.1) is 5.92 Å². The number of nitrogens with zero attached hydrogens (tertiary/aromatic N) is 4. The van der Waals surface area contributed by atoms with Gasteiger partial charge in [-0.05, 0) is 42.9 Å². The maximum Gasteiger partial charge on any atom is 0.220 e. The van der Waals surface area contributed by atoms with Crippen molar-refractivity contribution < 1.29 is 9.90 Å². The Morgan fingerprint density at radius 2 is 2.17 bits per heavy atom. The van der Waals surface area contributed by atoms with E-state index in [1.54, 1.807) is 18.7 Å². The first-order valence-corrected chi connectivity index (χ1v) is 8.31. The summed E-state index contributed by atoms with van der Waals surface area (Å²) in [6.07, 6.45) is 8.14.